The number of rotatable bonds is 9. The van der Waals surface area contributed by atoms with Gasteiger partial charge >= 0.3 is 0 Å². The van der Waals surface area contributed by atoms with Crippen molar-refractivity contribution in [1.29, 1.82) is 0 Å². The largest absolute Gasteiger partial charge is 0.379 e. The molecule has 4 N–H and O–H groups in total. The first-order chi connectivity index (χ1) is 13.4. The molecular weight excluding hydrogens is 483 g/mol. The Bertz CT molecular complexity index is 503. The number of aliphatic imine (C=N–C) groups is 1. The lowest BCUT2D eigenvalue weighted by molar-refractivity contribution is -0.123. The molecule has 2 rings (SSSR count). The molecule has 0 aromatic heterocycles. The first-order valence-electron chi connectivity index (χ1n) is 10.7. The van der Waals surface area contributed by atoms with E-state index in [-0.39, 0.29) is 41.3 Å². The molecule has 0 bridgehead atoms. The maximum Gasteiger partial charge on any atom is 0.220 e. The van der Waals surface area contributed by atoms with E-state index in [1.54, 1.807) is 0 Å². The zero-order chi connectivity index (χ0) is 20.4. The Morgan fingerprint density at radius 3 is 2.38 bits per heavy atom. The Morgan fingerprint density at radius 1 is 1.14 bits per heavy atom. The second-order valence-corrected chi connectivity index (χ2v) is 8.49. The second-order valence-electron chi connectivity index (χ2n) is 8.49. The van der Waals surface area contributed by atoms with Crippen LogP contribution in [0.5, 0.6) is 0 Å². The van der Waals surface area contributed by atoms with Gasteiger partial charge in [0.25, 0.3) is 0 Å². The van der Waals surface area contributed by atoms with Crippen molar-refractivity contribution < 1.29 is 9.53 Å². The molecule has 2 heterocycles. The van der Waals surface area contributed by atoms with Crippen molar-refractivity contribution in [2.75, 3.05) is 66.1 Å². The second kappa shape index (κ2) is 13.6. The maximum atomic E-state index is 11.2. The number of carbonyl (C=O) groups is 1. The number of carbonyl (C=O) groups excluding carboxylic acids is 1. The summed E-state index contributed by atoms with van der Waals surface area (Å²) in [5, 5.41) is 6.89. The van der Waals surface area contributed by atoms with Crippen LogP contribution in [0.1, 0.15) is 39.5 Å². The number of nitrogens with zero attached hydrogens (tertiary/aromatic N) is 3. The number of unbranched alkanes of at least 4 members (excludes halogenated alkanes) is 1. The van der Waals surface area contributed by atoms with Crippen LogP contribution in [0, 0.1) is 5.92 Å². The molecule has 0 unspecified atom stereocenters. The molecule has 0 aliphatic carbocycles. The molecule has 29 heavy (non-hydrogen) atoms. The molecule has 0 aromatic rings. The highest BCUT2D eigenvalue weighted by Gasteiger charge is 2.28. The van der Waals surface area contributed by atoms with Crippen molar-refractivity contribution in [3.8, 4) is 0 Å². The maximum absolute atomic E-state index is 11.2. The first-order valence-corrected chi connectivity index (χ1v) is 10.7. The number of nitrogens with one attached hydrogen (secondary N) is 2. The van der Waals surface area contributed by atoms with E-state index in [9.17, 15) is 4.79 Å². The van der Waals surface area contributed by atoms with Crippen LogP contribution in [0.15, 0.2) is 4.99 Å². The molecule has 2 aliphatic heterocycles. The van der Waals surface area contributed by atoms with E-state index in [2.05, 4.69) is 39.3 Å². The summed E-state index contributed by atoms with van der Waals surface area (Å²) in [6.07, 6.45) is 4.06. The molecule has 2 saturated heterocycles. The van der Waals surface area contributed by atoms with E-state index in [4.69, 9.17) is 10.5 Å². The van der Waals surface area contributed by atoms with Crippen LogP contribution in [-0.4, -0.2) is 93.3 Å². The lowest BCUT2D eigenvalue weighted by atomic mass is 9.96. The fourth-order valence-electron chi connectivity index (χ4n) is 3.91. The Kier molecular flexibility index (Phi) is 12.4. The van der Waals surface area contributed by atoms with Crippen LogP contribution in [0.2, 0.25) is 0 Å². The summed E-state index contributed by atoms with van der Waals surface area (Å²) < 4.78 is 5.46. The highest BCUT2D eigenvalue weighted by molar-refractivity contribution is 14.0. The predicted molar refractivity (Wildman–Crippen MR) is 129 cm³/mol. The van der Waals surface area contributed by atoms with Gasteiger partial charge in [0.1, 0.15) is 0 Å². The molecule has 0 atom stereocenters. The van der Waals surface area contributed by atoms with Gasteiger partial charge in [-0.15, -0.1) is 24.0 Å². The molecule has 9 heteroatoms. The third-order valence-corrected chi connectivity index (χ3v) is 5.96. The number of piperidine rings is 1. The predicted octanol–water partition coefficient (Wildman–Crippen LogP) is 0.858. The average Bonchev–Trinajstić information content (AvgIpc) is 2.71. The fraction of sp³-hybridized carbons (Fsp3) is 0.900. The fourth-order valence-corrected chi connectivity index (χ4v) is 3.91. The van der Waals surface area contributed by atoms with E-state index in [1.165, 1.54) is 0 Å². The van der Waals surface area contributed by atoms with Crippen LogP contribution in [0.4, 0.5) is 0 Å². The molecule has 0 aromatic carbocycles. The highest BCUT2D eigenvalue weighted by atomic mass is 127. The number of ether oxygens (including phenoxy) is 1. The number of primary amides is 1. The van der Waals surface area contributed by atoms with Gasteiger partial charge in [0.2, 0.25) is 5.91 Å². The number of likely N-dealkylation sites (tertiary alicyclic amines) is 1. The number of guanidine groups is 1. The number of morpholine rings is 1. The topological polar surface area (TPSA) is 95.2 Å². The van der Waals surface area contributed by atoms with E-state index in [0.29, 0.717) is 0 Å². The standard InChI is InChI=1S/C20H40N6O2.HI/c1-20(2,26-12-14-28-15-13-26)16-24-19(22-3)23-8-4-5-9-25-10-6-17(7-11-25)18(21)27;/h17H,4-16H2,1-3H3,(H2,21,27)(H2,22,23,24);1H. The van der Waals surface area contributed by atoms with Gasteiger partial charge in [-0.2, -0.15) is 0 Å². The molecule has 2 aliphatic rings. The molecule has 0 spiro atoms. The Hall–Kier alpha value is -0.650. The number of halogens is 1. The van der Waals surface area contributed by atoms with E-state index in [1.807, 2.05) is 7.05 Å². The normalized spacial score (nSPS) is 20.2. The first kappa shape index (κ1) is 26.4. The Balaban J connectivity index is 0.00000420. The molecule has 2 fully saturated rings. The summed E-state index contributed by atoms with van der Waals surface area (Å²) in [6.45, 7) is 12.9. The third-order valence-electron chi connectivity index (χ3n) is 5.96. The summed E-state index contributed by atoms with van der Waals surface area (Å²) >= 11 is 0. The van der Waals surface area contributed by atoms with Crippen LogP contribution in [0.25, 0.3) is 0 Å². The van der Waals surface area contributed by atoms with Crippen LogP contribution in [0.3, 0.4) is 0 Å². The highest BCUT2D eigenvalue weighted by Crippen LogP contribution is 2.17. The lowest BCUT2D eigenvalue weighted by Crippen LogP contribution is -2.56. The Labute approximate surface area is 193 Å². The zero-order valence-electron chi connectivity index (χ0n) is 18.4. The number of hydrogen-bond acceptors (Lipinski definition) is 5. The SMILES string of the molecule is CN=C(NCCCCN1CCC(C(N)=O)CC1)NCC(C)(C)N1CCOCC1.I. The van der Waals surface area contributed by atoms with Gasteiger partial charge in [-0.05, 0) is 59.2 Å². The van der Waals surface area contributed by atoms with Gasteiger partial charge in [-0.25, -0.2) is 0 Å². The van der Waals surface area contributed by atoms with Crippen LogP contribution < -0.4 is 16.4 Å². The van der Waals surface area contributed by atoms with Crippen LogP contribution in [-0.2, 0) is 9.53 Å². The monoisotopic (exact) mass is 524 g/mol. The van der Waals surface area contributed by atoms with Crippen molar-refractivity contribution in [2.45, 2.75) is 45.1 Å². The molecular formula is C20H41IN6O2. The third kappa shape index (κ3) is 9.35. The van der Waals surface area contributed by atoms with Crippen molar-refractivity contribution >= 4 is 35.8 Å². The lowest BCUT2D eigenvalue weighted by Gasteiger charge is -2.41. The minimum Gasteiger partial charge on any atom is -0.379 e. The minimum absolute atomic E-state index is 0. The summed E-state index contributed by atoms with van der Waals surface area (Å²) in [7, 11) is 1.82. The Morgan fingerprint density at radius 2 is 1.79 bits per heavy atom. The summed E-state index contributed by atoms with van der Waals surface area (Å²) in [5.74, 6) is 0.803. The molecule has 0 radical (unpaired) electrons. The van der Waals surface area contributed by atoms with E-state index >= 15 is 0 Å². The summed E-state index contributed by atoms with van der Waals surface area (Å²) in [6, 6.07) is 0. The van der Waals surface area contributed by atoms with Crippen molar-refractivity contribution in [1.82, 2.24) is 20.4 Å². The number of amides is 1. The van der Waals surface area contributed by atoms with Crippen LogP contribution >= 0.6 is 24.0 Å². The van der Waals surface area contributed by atoms with Crippen molar-refractivity contribution in [3.63, 3.8) is 0 Å². The zero-order valence-corrected chi connectivity index (χ0v) is 20.7. The smallest absolute Gasteiger partial charge is 0.220 e. The van der Waals surface area contributed by atoms with Crippen molar-refractivity contribution in [2.24, 2.45) is 16.6 Å². The van der Waals surface area contributed by atoms with Gasteiger partial charge in [0, 0.05) is 44.7 Å². The number of nitrogens with two attached hydrogens (primary N) is 1. The minimum atomic E-state index is -0.139. The summed E-state index contributed by atoms with van der Waals surface area (Å²) in [5.41, 5.74) is 5.46. The van der Waals surface area contributed by atoms with Crippen molar-refractivity contribution in [3.05, 3.63) is 0 Å². The molecule has 0 saturated carbocycles. The van der Waals surface area contributed by atoms with Gasteiger partial charge in [0.15, 0.2) is 5.96 Å². The number of hydrogen-bond donors (Lipinski definition) is 3. The molecule has 8 nitrogen and oxygen atoms in total. The average molecular weight is 524 g/mol. The van der Waals surface area contributed by atoms with Gasteiger partial charge in [-0.1, -0.05) is 0 Å². The van der Waals surface area contributed by atoms with Gasteiger partial charge < -0.3 is 26.0 Å². The quantitative estimate of drug-likeness (QED) is 0.179. The van der Waals surface area contributed by atoms with Gasteiger partial charge in [-0.3, -0.25) is 14.7 Å². The summed E-state index contributed by atoms with van der Waals surface area (Å²) in [4.78, 5) is 20.5. The molecule has 170 valence electrons. The van der Waals surface area contributed by atoms with Gasteiger partial charge in [0.05, 0.1) is 13.2 Å². The van der Waals surface area contributed by atoms with E-state index < -0.39 is 0 Å². The van der Waals surface area contributed by atoms with E-state index in [0.717, 1.165) is 90.7 Å². The molecule has 1 amide bonds.